The summed E-state index contributed by atoms with van der Waals surface area (Å²) < 4.78 is 28.8. The molecule has 0 bridgehead atoms. The molecule has 0 aromatic heterocycles. The Balaban J connectivity index is 1.23. The van der Waals surface area contributed by atoms with Crippen LogP contribution in [0.5, 0.6) is 0 Å². The molecule has 6 atom stereocenters. The van der Waals surface area contributed by atoms with Crippen LogP contribution in [0.3, 0.4) is 0 Å². The van der Waals surface area contributed by atoms with Gasteiger partial charge in [-0.25, -0.2) is 9.18 Å². The molecule has 0 radical (unpaired) electrons. The van der Waals surface area contributed by atoms with Gasteiger partial charge in [-0.05, 0) is 101 Å². The van der Waals surface area contributed by atoms with Gasteiger partial charge in [-0.15, -0.1) is 0 Å². The second-order valence-electron chi connectivity index (χ2n) is 15.1. The lowest BCUT2D eigenvalue weighted by atomic mass is 10.0. The van der Waals surface area contributed by atoms with Crippen LogP contribution >= 0.6 is 11.9 Å². The van der Waals surface area contributed by atoms with Crippen molar-refractivity contribution >= 4 is 41.7 Å². The minimum absolute atomic E-state index is 0.0194. The van der Waals surface area contributed by atoms with E-state index < -0.39 is 59.1 Å². The molecule has 0 spiro atoms. The third-order valence-electron chi connectivity index (χ3n) is 9.93. The van der Waals surface area contributed by atoms with Gasteiger partial charge >= 0.3 is 12.1 Å². The number of allylic oxidation sites excluding steroid dienone is 1. The molecule has 3 unspecified atom stereocenters. The molecule has 2 heterocycles. The number of halogens is 1. The molecule has 3 fully saturated rings. The lowest BCUT2D eigenvalue weighted by Gasteiger charge is -2.30. The summed E-state index contributed by atoms with van der Waals surface area (Å²) in [6, 6.07) is 2.76. The Labute approximate surface area is 291 Å². The van der Waals surface area contributed by atoms with Gasteiger partial charge in [0.05, 0.1) is 12.5 Å². The monoisotopic (exact) mass is 698 g/mol. The molecule has 5 aliphatic rings. The van der Waals surface area contributed by atoms with Crippen LogP contribution in [0.1, 0.15) is 89.7 Å². The molecule has 11 nitrogen and oxygen atoms in total. The van der Waals surface area contributed by atoms with Crippen molar-refractivity contribution in [1.82, 2.24) is 20.3 Å². The van der Waals surface area contributed by atoms with Gasteiger partial charge in [-0.3, -0.25) is 23.9 Å². The number of carbonyl (C=O) groups is 5. The number of nitrogens with one attached hydrogen (secondary N) is 3. The lowest BCUT2D eigenvalue weighted by Crippen LogP contribution is -2.57. The number of ether oxygens (including phenoxy) is 2. The standard InChI is InChI=1S/C36H47FN4O7S/c1-35(2,3)48-34(46)38-28-13-8-6-4-5-7-11-23-19-36(23,33(45)40-49-25-14-15-25)39-30(42)29-18-24(20-41(29)31(28)43)47-32(44)22-16-21-10-9-12-27(37)26(21)17-22/h7,9-12,22-25,28-29H,4-6,8,13-20H2,1-3H3,(H,38,46)(H,39,42)(H,40,45)/b11-7-/t22?,23?,24-,28+,29?,36-/m1/s1. The van der Waals surface area contributed by atoms with E-state index in [4.69, 9.17) is 9.47 Å². The summed E-state index contributed by atoms with van der Waals surface area (Å²) in [5.74, 6) is -2.91. The van der Waals surface area contributed by atoms with Crippen molar-refractivity contribution < 1.29 is 37.8 Å². The maximum Gasteiger partial charge on any atom is 0.408 e. The first-order valence-electron chi connectivity index (χ1n) is 17.5. The minimum atomic E-state index is -1.15. The largest absolute Gasteiger partial charge is 0.460 e. The SMILES string of the molecule is CC(C)(C)OC(=O)N[C@H]1CCCCC/C=C\C2C[C@@]2(C(=O)NSC2CC2)NC(=O)C2C[C@@H](OC(=O)C3Cc4cccc(F)c4C3)CN2C1=O. The Morgan fingerprint density at radius 3 is 2.61 bits per heavy atom. The average Bonchev–Trinajstić information content (AvgIpc) is 3.89. The second-order valence-corrected chi connectivity index (χ2v) is 16.2. The second kappa shape index (κ2) is 14.3. The van der Waals surface area contributed by atoms with Gasteiger partial charge in [0, 0.05) is 17.6 Å². The van der Waals surface area contributed by atoms with Gasteiger partial charge in [-0.2, -0.15) is 0 Å². The third-order valence-corrected chi connectivity index (χ3v) is 11.0. The van der Waals surface area contributed by atoms with Crippen molar-refractivity contribution in [1.29, 1.82) is 0 Å². The molecule has 4 amide bonds. The van der Waals surface area contributed by atoms with Crippen molar-refractivity contribution in [2.75, 3.05) is 6.54 Å². The number of rotatable bonds is 6. The zero-order valence-corrected chi connectivity index (χ0v) is 29.2. The number of hydrogen-bond donors (Lipinski definition) is 3. The van der Waals surface area contributed by atoms with Gasteiger partial charge in [0.15, 0.2) is 0 Å². The van der Waals surface area contributed by atoms with Crippen LogP contribution in [0.25, 0.3) is 0 Å². The van der Waals surface area contributed by atoms with Crippen molar-refractivity contribution in [3.8, 4) is 0 Å². The molecule has 49 heavy (non-hydrogen) atoms. The van der Waals surface area contributed by atoms with Crippen molar-refractivity contribution in [3.05, 3.63) is 47.3 Å². The van der Waals surface area contributed by atoms with Crippen LogP contribution in [0.2, 0.25) is 0 Å². The summed E-state index contributed by atoms with van der Waals surface area (Å²) in [5, 5.41) is 6.11. The fourth-order valence-electron chi connectivity index (χ4n) is 7.06. The van der Waals surface area contributed by atoms with Gasteiger partial charge < -0.3 is 25.0 Å². The average molecular weight is 699 g/mol. The molecule has 1 saturated heterocycles. The first kappa shape index (κ1) is 35.2. The van der Waals surface area contributed by atoms with Crippen molar-refractivity contribution in [2.24, 2.45) is 11.8 Å². The molecule has 2 aliphatic heterocycles. The summed E-state index contributed by atoms with van der Waals surface area (Å²) in [5.41, 5.74) is -0.661. The van der Waals surface area contributed by atoms with E-state index in [9.17, 15) is 28.4 Å². The summed E-state index contributed by atoms with van der Waals surface area (Å²) in [7, 11) is 0. The van der Waals surface area contributed by atoms with Crippen LogP contribution in [0, 0.1) is 17.7 Å². The van der Waals surface area contributed by atoms with Crippen LogP contribution in [-0.4, -0.2) is 75.8 Å². The molecule has 266 valence electrons. The quantitative estimate of drug-likeness (QED) is 0.227. The number of carbonyl (C=O) groups excluding carboxylic acids is 5. The zero-order chi connectivity index (χ0) is 34.9. The van der Waals surface area contributed by atoms with E-state index in [0.717, 1.165) is 37.7 Å². The molecule has 3 aliphatic carbocycles. The van der Waals surface area contributed by atoms with E-state index in [1.165, 1.54) is 22.9 Å². The normalized spacial score (nSPS) is 30.8. The van der Waals surface area contributed by atoms with E-state index in [1.54, 1.807) is 32.9 Å². The number of fused-ring (bicyclic) bond motifs is 3. The third kappa shape index (κ3) is 8.41. The predicted octanol–water partition coefficient (Wildman–Crippen LogP) is 4.27. The fourth-order valence-corrected chi connectivity index (χ4v) is 7.89. The van der Waals surface area contributed by atoms with E-state index in [1.807, 2.05) is 12.2 Å². The van der Waals surface area contributed by atoms with Crippen LogP contribution in [0.15, 0.2) is 30.4 Å². The molecule has 2 saturated carbocycles. The Bertz CT molecular complexity index is 1510. The van der Waals surface area contributed by atoms with E-state index in [2.05, 4.69) is 15.4 Å². The van der Waals surface area contributed by atoms with Crippen LogP contribution in [0.4, 0.5) is 9.18 Å². The molecule has 1 aromatic carbocycles. The molecular weight excluding hydrogens is 651 g/mol. The zero-order valence-electron chi connectivity index (χ0n) is 28.4. The summed E-state index contributed by atoms with van der Waals surface area (Å²) >= 11 is 1.38. The van der Waals surface area contributed by atoms with E-state index >= 15 is 0 Å². The number of benzene rings is 1. The van der Waals surface area contributed by atoms with Crippen molar-refractivity contribution in [3.63, 3.8) is 0 Å². The number of esters is 1. The van der Waals surface area contributed by atoms with E-state index in [-0.39, 0.29) is 37.0 Å². The summed E-state index contributed by atoms with van der Waals surface area (Å²) in [6.45, 7) is 5.13. The van der Waals surface area contributed by atoms with Crippen LogP contribution in [-0.2, 0) is 41.5 Å². The molecule has 1 aromatic rings. The topological polar surface area (TPSA) is 143 Å². The summed E-state index contributed by atoms with van der Waals surface area (Å²) in [4.78, 5) is 69.6. The molecule has 6 rings (SSSR count). The first-order chi connectivity index (χ1) is 23.3. The summed E-state index contributed by atoms with van der Waals surface area (Å²) in [6.07, 6.45) is 9.02. The first-order valence-corrected chi connectivity index (χ1v) is 18.4. The Hall–Kier alpha value is -3.61. The number of nitrogens with zero attached hydrogens (tertiary/aromatic N) is 1. The van der Waals surface area contributed by atoms with Gasteiger partial charge in [0.1, 0.15) is 35.1 Å². The predicted molar refractivity (Wildman–Crippen MR) is 180 cm³/mol. The Morgan fingerprint density at radius 2 is 1.88 bits per heavy atom. The van der Waals surface area contributed by atoms with Crippen molar-refractivity contribution in [2.45, 2.75) is 126 Å². The van der Waals surface area contributed by atoms with Gasteiger partial charge in [0.25, 0.3) is 5.91 Å². The number of hydrogen-bond acceptors (Lipinski definition) is 8. The number of amides is 4. The molecule has 13 heteroatoms. The minimum Gasteiger partial charge on any atom is -0.460 e. The maximum absolute atomic E-state index is 14.4. The highest BCUT2D eigenvalue weighted by atomic mass is 32.2. The number of alkyl carbamates (subject to hydrolysis) is 1. The van der Waals surface area contributed by atoms with E-state index in [0.29, 0.717) is 36.5 Å². The van der Waals surface area contributed by atoms with Crippen LogP contribution < -0.4 is 15.4 Å². The fraction of sp³-hybridized carbons (Fsp3) is 0.639. The smallest absolute Gasteiger partial charge is 0.408 e. The Kier molecular flexibility index (Phi) is 10.3. The lowest BCUT2D eigenvalue weighted by molar-refractivity contribution is -0.153. The molecule has 3 N–H and O–H groups in total. The molecular formula is C36H47FN4O7S. The highest BCUT2D eigenvalue weighted by Crippen LogP contribution is 2.46. The highest BCUT2D eigenvalue weighted by Gasteiger charge is 2.61. The van der Waals surface area contributed by atoms with Gasteiger partial charge in [0.2, 0.25) is 11.8 Å². The highest BCUT2D eigenvalue weighted by molar-refractivity contribution is 7.98. The van der Waals surface area contributed by atoms with Gasteiger partial charge in [-0.1, -0.05) is 37.1 Å². The maximum atomic E-state index is 14.4. The Morgan fingerprint density at radius 1 is 1.08 bits per heavy atom.